The molecular formula is C20H30N4O. The highest BCUT2D eigenvalue weighted by Crippen LogP contribution is 2.57. The van der Waals surface area contributed by atoms with E-state index in [9.17, 15) is 10.4 Å². The molecule has 136 valence electrons. The third-order valence-corrected chi connectivity index (χ3v) is 7.96. The molecule has 6 rings (SSSR count). The summed E-state index contributed by atoms with van der Waals surface area (Å²) in [5.74, 6) is 2.01. The van der Waals surface area contributed by atoms with Gasteiger partial charge in [0.25, 0.3) is 0 Å². The maximum Gasteiger partial charge on any atom is 0.185 e. The van der Waals surface area contributed by atoms with Crippen molar-refractivity contribution in [2.75, 3.05) is 13.1 Å². The molecule has 5 aliphatic carbocycles. The quantitative estimate of drug-likeness (QED) is 0.358. The molecule has 1 aliphatic heterocycles. The highest BCUT2D eigenvalue weighted by Gasteiger charge is 2.60. The predicted octanol–water partition coefficient (Wildman–Crippen LogP) is 2.70. The minimum Gasteiger partial charge on any atom is -0.390 e. The van der Waals surface area contributed by atoms with Gasteiger partial charge in [-0.2, -0.15) is 5.26 Å². The van der Waals surface area contributed by atoms with E-state index < -0.39 is 5.60 Å². The Hall–Kier alpha value is -1.12. The lowest BCUT2D eigenvalue weighted by Crippen LogP contribution is -2.63. The molecular weight excluding hydrogens is 312 g/mol. The molecule has 0 spiro atoms. The van der Waals surface area contributed by atoms with E-state index in [0.29, 0.717) is 23.6 Å². The normalized spacial score (nSPS) is 44.3. The smallest absolute Gasteiger partial charge is 0.185 e. The molecule has 1 saturated heterocycles. The average molecular weight is 342 g/mol. The van der Waals surface area contributed by atoms with Crippen LogP contribution in [0.2, 0.25) is 0 Å². The standard InChI is InChI=1S/C20H30N4O/c21-13-24(18(22)20(4-5-20)23-6-2-1-3-7-23)17-15-8-14-9-16(17)12-19(25,10-14)11-15/h14-17,22,25H,1-12H2. The van der Waals surface area contributed by atoms with Gasteiger partial charge in [0.05, 0.1) is 17.2 Å². The molecule has 4 bridgehead atoms. The van der Waals surface area contributed by atoms with Crippen molar-refractivity contribution in [2.24, 2.45) is 17.8 Å². The second-order valence-corrected chi connectivity index (χ2v) is 9.58. The van der Waals surface area contributed by atoms with Gasteiger partial charge in [-0.15, -0.1) is 0 Å². The van der Waals surface area contributed by atoms with Crippen LogP contribution >= 0.6 is 0 Å². The Morgan fingerprint density at radius 3 is 2.24 bits per heavy atom. The van der Waals surface area contributed by atoms with Crippen molar-refractivity contribution >= 4 is 5.84 Å². The van der Waals surface area contributed by atoms with E-state index in [4.69, 9.17) is 5.41 Å². The van der Waals surface area contributed by atoms with Gasteiger partial charge in [0, 0.05) is 0 Å². The third kappa shape index (κ3) is 2.37. The predicted molar refractivity (Wildman–Crippen MR) is 94.9 cm³/mol. The van der Waals surface area contributed by atoms with E-state index in [0.717, 1.165) is 58.0 Å². The Bertz CT molecular complexity index is 600. The lowest BCUT2D eigenvalue weighted by molar-refractivity contribution is -0.147. The number of hydrogen-bond acceptors (Lipinski definition) is 4. The first-order chi connectivity index (χ1) is 12.0. The lowest BCUT2D eigenvalue weighted by Gasteiger charge is -2.59. The summed E-state index contributed by atoms with van der Waals surface area (Å²) in [7, 11) is 0. The van der Waals surface area contributed by atoms with Gasteiger partial charge >= 0.3 is 0 Å². The van der Waals surface area contributed by atoms with Gasteiger partial charge in [-0.1, -0.05) is 6.42 Å². The van der Waals surface area contributed by atoms with Gasteiger partial charge in [0.2, 0.25) is 0 Å². The van der Waals surface area contributed by atoms with Crippen LogP contribution < -0.4 is 0 Å². The first-order valence-electron chi connectivity index (χ1n) is 10.3. The number of hydrogen-bond donors (Lipinski definition) is 2. The largest absolute Gasteiger partial charge is 0.390 e. The zero-order valence-electron chi connectivity index (χ0n) is 15.1. The monoisotopic (exact) mass is 342 g/mol. The Balaban J connectivity index is 1.39. The van der Waals surface area contributed by atoms with Gasteiger partial charge in [-0.05, 0) is 88.6 Å². The summed E-state index contributed by atoms with van der Waals surface area (Å²) in [4.78, 5) is 4.30. The fourth-order valence-corrected chi connectivity index (χ4v) is 7.01. The van der Waals surface area contributed by atoms with Gasteiger partial charge in [0.1, 0.15) is 5.84 Å². The minimum absolute atomic E-state index is 0.151. The number of likely N-dealkylation sites (tertiary alicyclic amines) is 1. The Morgan fingerprint density at radius 2 is 1.72 bits per heavy atom. The highest BCUT2D eigenvalue weighted by molar-refractivity contribution is 5.93. The van der Waals surface area contributed by atoms with Crippen molar-refractivity contribution in [3.8, 4) is 6.19 Å². The fraction of sp³-hybridized carbons (Fsp3) is 0.900. The minimum atomic E-state index is -0.472. The van der Waals surface area contributed by atoms with E-state index in [1.807, 2.05) is 0 Å². The summed E-state index contributed by atoms with van der Waals surface area (Å²) < 4.78 is 0. The second-order valence-electron chi connectivity index (χ2n) is 9.58. The number of amidine groups is 1. The summed E-state index contributed by atoms with van der Waals surface area (Å²) in [6.07, 6.45) is 13.2. The molecule has 2 unspecified atom stereocenters. The second kappa shape index (κ2) is 5.44. The van der Waals surface area contributed by atoms with E-state index in [-0.39, 0.29) is 11.6 Å². The molecule has 5 nitrogen and oxygen atoms in total. The molecule has 0 aromatic heterocycles. The van der Waals surface area contributed by atoms with E-state index >= 15 is 0 Å². The SMILES string of the molecule is N#CN(C(=N)C1(N2CCCCC2)CC1)C1C2CC3CC1CC(O)(C3)C2. The number of aliphatic hydroxyl groups is 1. The van der Waals surface area contributed by atoms with E-state index in [1.54, 1.807) is 4.90 Å². The first-order valence-corrected chi connectivity index (χ1v) is 10.3. The molecule has 25 heavy (non-hydrogen) atoms. The zero-order valence-corrected chi connectivity index (χ0v) is 15.1. The van der Waals surface area contributed by atoms with Crippen LogP contribution in [0.3, 0.4) is 0 Å². The number of nitriles is 1. The number of piperidine rings is 1. The molecule has 6 aliphatic rings. The van der Waals surface area contributed by atoms with Crippen molar-refractivity contribution in [1.82, 2.24) is 9.80 Å². The summed E-state index contributed by atoms with van der Waals surface area (Å²) in [5, 5.41) is 29.8. The average Bonchev–Trinajstić information content (AvgIpc) is 3.39. The van der Waals surface area contributed by atoms with Crippen molar-refractivity contribution < 1.29 is 5.11 Å². The van der Waals surface area contributed by atoms with Gasteiger partial charge < -0.3 is 5.11 Å². The molecule has 5 saturated carbocycles. The topological polar surface area (TPSA) is 74.4 Å². The highest BCUT2D eigenvalue weighted by atomic mass is 16.3. The van der Waals surface area contributed by atoms with Gasteiger partial charge in [0.15, 0.2) is 6.19 Å². The summed E-state index contributed by atoms with van der Waals surface area (Å²) in [6.45, 7) is 2.17. The molecule has 1 heterocycles. The summed E-state index contributed by atoms with van der Waals surface area (Å²) >= 11 is 0. The fourth-order valence-electron chi connectivity index (χ4n) is 7.01. The molecule has 2 atom stereocenters. The lowest BCUT2D eigenvalue weighted by atomic mass is 9.52. The zero-order chi connectivity index (χ0) is 17.2. The van der Waals surface area contributed by atoms with Crippen LogP contribution in [-0.2, 0) is 0 Å². The van der Waals surface area contributed by atoms with Crippen molar-refractivity contribution in [2.45, 2.75) is 81.4 Å². The number of nitrogens with zero attached hydrogens (tertiary/aromatic N) is 3. The molecule has 6 fully saturated rings. The number of rotatable bonds is 3. The van der Waals surface area contributed by atoms with Gasteiger partial charge in [-0.25, -0.2) is 0 Å². The van der Waals surface area contributed by atoms with Crippen LogP contribution in [0.1, 0.15) is 64.2 Å². The Kier molecular flexibility index (Phi) is 3.50. The molecule has 0 aromatic carbocycles. The van der Waals surface area contributed by atoms with E-state index in [2.05, 4.69) is 11.1 Å². The molecule has 0 amide bonds. The summed E-state index contributed by atoms with van der Waals surface area (Å²) in [5.41, 5.74) is -0.623. The van der Waals surface area contributed by atoms with Crippen LogP contribution in [-0.4, -0.2) is 51.0 Å². The van der Waals surface area contributed by atoms with Crippen LogP contribution in [0, 0.1) is 34.6 Å². The molecule has 2 N–H and O–H groups in total. The van der Waals surface area contributed by atoms with Crippen molar-refractivity contribution in [3.63, 3.8) is 0 Å². The van der Waals surface area contributed by atoms with Crippen molar-refractivity contribution in [1.29, 1.82) is 10.7 Å². The Morgan fingerprint density at radius 1 is 1.08 bits per heavy atom. The van der Waals surface area contributed by atoms with Gasteiger partial charge in [-0.3, -0.25) is 15.2 Å². The molecule has 5 heteroatoms. The van der Waals surface area contributed by atoms with Crippen LogP contribution in [0.25, 0.3) is 0 Å². The first kappa shape index (κ1) is 16.1. The van der Waals surface area contributed by atoms with Crippen LogP contribution in [0.15, 0.2) is 0 Å². The maximum absolute atomic E-state index is 10.8. The van der Waals surface area contributed by atoms with Crippen LogP contribution in [0.5, 0.6) is 0 Å². The Labute approximate surface area is 150 Å². The van der Waals surface area contributed by atoms with Crippen molar-refractivity contribution in [3.05, 3.63) is 0 Å². The number of nitrogens with one attached hydrogen (secondary N) is 1. The van der Waals surface area contributed by atoms with Crippen LogP contribution in [0.4, 0.5) is 0 Å². The third-order valence-electron chi connectivity index (χ3n) is 7.96. The molecule has 0 radical (unpaired) electrons. The van der Waals surface area contributed by atoms with E-state index in [1.165, 1.54) is 19.3 Å². The molecule has 0 aromatic rings. The summed E-state index contributed by atoms with van der Waals surface area (Å²) in [6, 6.07) is 0.164. The maximum atomic E-state index is 10.8.